The molecule has 0 aliphatic rings. The van der Waals surface area contributed by atoms with Gasteiger partial charge in [-0.3, -0.25) is 0 Å². The maximum absolute atomic E-state index is 12.7. The second kappa shape index (κ2) is 5.89. The lowest BCUT2D eigenvalue weighted by Crippen LogP contribution is -2.11. The average molecular weight is 317 g/mol. The van der Waals surface area contributed by atoms with Crippen LogP contribution in [0.4, 0.5) is 13.2 Å². The first kappa shape index (κ1) is 15.6. The Kier molecular flexibility index (Phi) is 4.37. The minimum atomic E-state index is -4.65. The number of benzene rings is 1. The summed E-state index contributed by atoms with van der Waals surface area (Å²) in [6.45, 7) is 3.71. The second-order valence-electron chi connectivity index (χ2n) is 4.59. The van der Waals surface area contributed by atoms with E-state index in [2.05, 4.69) is 9.97 Å². The van der Waals surface area contributed by atoms with Crippen LogP contribution < -0.4 is 4.74 Å². The maximum atomic E-state index is 12.7. The molecule has 1 aromatic carbocycles. The van der Waals surface area contributed by atoms with Gasteiger partial charge in [0.15, 0.2) is 0 Å². The molecule has 2 aromatic rings. The topological polar surface area (TPSA) is 35.0 Å². The van der Waals surface area contributed by atoms with Gasteiger partial charge < -0.3 is 4.74 Å². The summed E-state index contributed by atoms with van der Waals surface area (Å²) in [7, 11) is 0. The van der Waals surface area contributed by atoms with Crippen molar-refractivity contribution in [2.75, 3.05) is 0 Å². The van der Waals surface area contributed by atoms with Gasteiger partial charge in [-0.05, 0) is 26.0 Å². The predicted octanol–water partition coefficient (Wildman–Crippen LogP) is 4.60. The summed E-state index contributed by atoms with van der Waals surface area (Å²) in [5, 5.41) is -0.262. The van der Waals surface area contributed by atoms with Crippen LogP contribution in [0.3, 0.4) is 0 Å². The van der Waals surface area contributed by atoms with Gasteiger partial charge in [-0.15, -0.1) is 0 Å². The number of rotatable bonds is 3. The molecule has 3 nitrogen and oxygen atoms in total. The van der Waals surface area contributed by atoms with Gasteiger partial charge in [0.1, 0.15) is 10.9 Å². The molecule has 0 saturated heterocycles. The molecular weight excluding hydrogens is 305 g/mol. The van der Waals surface area contributed by atoms with E-state index in [1.807, 2.05) is 13.8 Å². The SMILES string of the molecule is CC(C)Oc1cccc(-c2cc(Cl)nc(C(F)(F)F)n2)c1. The van der Waals surface area contributed by atoms with Crippen LogP contribution in [0.1, 0.15) is 19.7 Å². The van der Waals surface area contributed by atoms with E-state index in [0.29, 0.717) is 11.3 Å². The van der Waals surface area contributed by atoms with E-state index in [1.165, 1.54) is 6.07 Å². The number of nitrogens with zero attached hydrogens (tertiary/aromatic N) is 2. The van der Waals surface area contributed by atoms with E-state index in [-0.39, 0.29) is 17.0 Å². The van der Waals surface area contributed by atoms with Crippen LogP contribution in [-0.2, 0) is 6.18 Å². The molecule has 2 rings (SSSR count). The van der Waals surface area contributed by atoms with Gasteiger partial charge in [-0.2, -0.15) is 13.2 Å². The Morgan fingerprint density at radius 2 is 1.86 bits per heavy atom. The lowest BCUT2D eigenvalue weighted by atomic mass is 10.1. The molecule has 0 spiro atoms. The molecule has 1 aromatic heterocycles. The highest BCUT2D eigenvalue weighted by Crippen LogP contribution is 2.30. The van der Waals surface area contributed by atoms with Crippen LogP contribution in [0, 0.1) is 0 Å². The summed E-state index contributed by atoms with van der Waals surface area (Å²) in [6, 6.07) is 7.92. The quantitative estimate of drug-likeness (QED) is 0.776. The van der Waals surface area contributed by atoms with E-state index in [9.17, 15) is 13.2 Å². The van der Waals surface area contributed by atoms with Crippen LogP contribution in [0.15, 0.2) is 30.3 Å². The molecule has 0 saturated carbocycles. The van der Waals surface area contributed by atoms with E-state index < -0.39 is 12.0 Å². The Bertz CT molecular complexity index is 644. The minimum absolute atomic E-state index is 0.0417. The van der Waals surface area contributed by atoms with Gasteiger partial charge >= 0.3 is 6.18 Å². The Morgan fingerprint density at radius 1 is 1.14 bits per heavy atom. The standard InChI is InChI=1S/C14H12ClF3N2O/c1-8(2)21-10-5-3-4-9(6-10)11-7-12(15)20-13(19-11)14(16,17)18/h3-8H,1-2H3. The van der Waals surface area contributed by atoms with E-state index in [0.717, 1.165) is 0 Å². The fraction of sp³-hybridized carbons (Fsp3) is 0.286. The monoisotopic (exact) mass is 316 g/mol. The van der Waals surface area contributed by atoms with Crippen LogP contribution in [-0.4, -0.2) is 16.1 Å². The zero-order valence-electron chi connectivity index (χ0n) is 11.3. The molecule has 21 heavy (non-hydrogen) atoms. The summed E-state index contributed by atoms with van der Waals surface area (Å²) in [5.74, 6) is -0.717. The number of halogens is 4. The second-order valence-corrected chi connectivity index (χ2v) is 4.98. The maximum Gasteiger partial charge on any atom is 0.451 e. The summed E-state index contributed by atoms with van der Waals surface area (Å²) in [6.07, 6.45) is -4.69. The van der Waals surface area contributed by atoms with Crippen LogP contribution in [0.2, 0.25) is 5.15 Å². The molecule has 1 heterocycles. The van der Waals surface area contributed by atoms with Crippen molar-refractivity contribution in [1.82, 2.24) is 9.97 Å². The first-order chi connectivity index (χ1) is 9.75. The van der Waals surface area contributed by atoms with Crippen molar-refractivity contribution in [3.63, 3.8) is 0 Å². The third kappa shape index (κ3) is 4.07. The van der Waals surface area contributed by atoms with Crippen molar-refractivity contribution < 1.29 is 17.9 Å². The molecule has 7 heteroatoms. The zero-order valence-corrected chi connectivity index (χ0v) is 12.0. The van der Waals surface area contributed by atoms with Crippen LogP contribution in [0.25, 0.3) is 11.3 Å². The predicted molar refractivity (Wildman–Crippen MR) is 73.2 cm³/mol. The summed E-state index contributed by atoms with van der Waals surface area (Å²) < 4.78 is 43.6. The number of hydrogen-bond acceptors (Lipinski definition) is 3. The van der Waals surface area contributed by atoms with Gasteiger partial charge in [0, 0.05) is 11.6 Å². The van der Waals surface area contributed by atoms with E-state index in [4.69, 9.17) is 16.3 Å². The Morgan fingerprint density at radius 3 is 2.48 bits per heavy atom. The summed E-state index contributed by atoms with van der Waals surface area (Å²) in [5.41, 5.74) is 0.569. The molecular formula is C14H12ClF3N2O. The first-order valence-corrected chi connectivity index (χ1v) is 6.52. The molecule has 112 valence electrons. The van der Waals surface area contributed by atoms with Crippen molar-refractivity contribution in [3.8, 4) is 17.0 Å². The third-order valence-electron chi connectivity index (χ3n) is 2.45. The summed E-state index contributed by atoms with van der Waals surface area (Å²) >= 11 is 5.65. The molecule has 0 fully saturated rings. The van der Waals surface area contributed by atoms with Gasteiger partial charge in [-0.1, -0.05) is 23.7 Å². The molecule has 0 N–H and O–H groups in total. The van der Waals surface area contributed by atoms with Crippen molar-refractivity contribution in [3.05, 3.63) is 41.3 Å². The highest BCUT2D eigenvalue weighted by Gasteiger charge is 2.35. The van der Waals surface area contributed by atoms with Crippen molar-refractivity contribution in [1.29, 1.82) is 0 Å². The van der Waals surface area contributed by atoms with Gasteiger partial charge in [-0.25, -0.2) is 9.97 Å². The van der Waals surface area contributed by atoms with Crippen molar-refractivity contribution in [2.45, 2.75) is 26.1 Å². The lowest BCUT2D eigenvalue weighted by molar-refractivity contribution is -0.144. The summed E-state index contributed by atoms with van der Waals surface area (Å²) in [4.78, 5) is 6.72. The number of hydrogen-bond donors (Lipinski definition) is 0. The van der Waals surface area contributed by atoms with Crippen molar-refractivity contribution in [2.24, 2.45) is 0 Å². The highest BCUT2D eigenvalue weighted by atomic mass is 35.5. The highest BCUT2D eigenvalue weighted by molar-refractivity contribution is 6.29. The molecule has 0 aliphatic carbocycles. The smallest absolute Gasteiger partial charge is 0.451 e. The fourth-order valence-electron chi connectivity index (χ4n) is 1.69. The number of alkyl halides is 3. The van der Waals surface area contributed by atoms with Gasteiger partial charge in [0.25, 0.3) is 0 Å². The lowest BCUT2D eigenvalue weighted by Gasteiger charge is -2.11. The van der Waals surface area contributed by atoms with Gasteiger partial charge in [0.05, 0.1) is 11.8 Å². The van der Waals surface area contributed by atoms with Crippen molar-refractivity contribution >= 4 is 11.6 Å². The Labute approximate surface area is 124 Å². The largest absolute Gasteiger partial charge is 0.491 e. The molecule has 0 unspecified atom stereocenters. The number of ether oxygens (including phenoxy) is 1. The van der Waals surface area contributed by atoms with Gasteiger partial charge in [0.2, 0.25) is 5.82 Å². The van der Waals surface area contributed by atoms with Crippen LogP contribution in [0.5, 0.6) is 5.75 Å². The zero-order chi connectivity index (χ0) is 15.6. The first-order valence-electron chi connectivity index (χ1n) is 6.14. The third-order valence-corrected chi connectivity index (χ3v) is 2.64. The molecule has 0 radical (unpaired) electrons. The Balaban J connectivity index is 2.44. The average Bonchev–Trinajstić information content (AvgIpc) is 2.36. The molecule has 0 amide bonds. The normalized spacial score (nSPS) is 11.8. The van der Waals surface area contributed by atoms with E-state index in [1.54, 1.807) is 24.3 Å². The molecule has 0 bridgehead atoms. The molecule has 0 aliphatic heterocycles. The molecule has 0 atom stereocenters. The minimum Gasteiger partial charge on any atom is -0.491 e. The van der Waals surface area contributed by atoms with E-state index >= 15 is 0 Å². The Hall–Kier alpha value is -1.82. The number of aromatic nitrogens is 2. The fourth-order valence-corrected chi connectivity index (χ4v) is 1.88. The van der Waals surface area contributed by atoms with Crippen LogP contribution >= 0.6 is 11.6 Å².